The minimum atomic E-state index is -1.28. The maximum atomic E-state index is 15.3. The van der Waals surface area contributed by atoms with Gasteiger partial charge in [-0.1, -0.05) is 38.7 Å². The molecule has 0 aliphatic heterocycles. The molecule has 2 aromatic heterocycles. The van der Waals surface area contributed by atoms with Crippen molar-refractivity contribution >= 4 is 43.7 Å². The molecule has 3 atom stereocenters. The monoisotopic (exact) mass is 536 g/mol. The van der Waals surface area contributed by atoms with Crippen LogP contribution >= 0.6 is 37.9 Å². The SMILES string of the molecule is CCC[C@@H]1CCC[C@H](F)[C@H](N(c2cnc(-c3ccc(-c4nnn(C)n4)cc3O)nn2)C(S)(S)S)C1. The lowest BCUT2D eigenvalue weighted by Gasteiger charge is -2.41. The van der Waals surface area contributed by atoms with Gasteiger partial charge in [-0.25, -0.2) is 9.37 Å². The fourth-order valence-electron chi connectivity index (χ4n) is 4.65. The summed E-state index contributed by atoms with van der Waals surface area (Å²) < 4.78 is 14.0. The van der Waals surface area contributed by atoms with Crippen LogP contribution in [0.15, 0.2) is 24.4 Å². The molecule has 3 aromatic rings. The Morgan fingerprint density at radius 1 is 1.17 bits per heavy atom. The third-order valence-corrected chi connectivity index (χ3v) is 6.88. The van der Waals surface area contributed by atoms with Gasteiger partial charge in [0.15, 0.2) is 15.2 Å². The number of aryl methyl sites for hydroxylation is 1. The molecule has 0 amide bonds. The van der Waals surface area contributed by atoms with Gasteiger partial charge in [0.1, 0.15) is 11.9 Å². The number of tetrazole rings is 1. The first-order chi connectivity index (χ1) is 16.7. The quantitative estimate of drug-likeness (QED) is 0.201. The summed E-state index contributed by atoms with van der Waals surface area (Å²) in [5, 5.41) is 31.0. The summed E-state index contributed by atoms with van der Waals surface area (Å²) >= 11 is 13.6. The third kappa shape index (κ3) is 6.00. The zero-order valence-corrected chi connectivity index (χ0v) is 22.2. The number of aromatic nitrogens is 7. The van der Waals surface area contributed by atoms with Gasteiger partial charge >= 0.3 is 0 Å². The van der Waals surface area contributed by atoms with Gasteiger partial charge < -0.3 is 10.0 Å². The number of hydrogen-bond acceptors (Lipinski definition) is 11. The number of aromatic hydroxyl groups is 1. The Morgan fingerprint density at radius 2 is 1.97 bits per heavy atom. The van der Waals surface area contributed by atoms with Gasteiger partial charge in [0, 0.05) is 5.56 Å². The first kappa shape index (κ1) is 26.0. The zero-order valence-electron chi connectivity index (χ0n) is 19.5. The molecule has 1 N–H and O–H groups in total. The van der Waals surface area contributed by atoms with Crippen LogP contribution in [0.4, 0.5) is 10.2 Å². The molecule has 0 spiro atoms. The van der Waals surface area contributed by atoms with E-state index >= 15 is 4.39 Å². The van der Waals surface area contributed by atoms with E-state index in [4.69, 9.17) is 0 Å². The van der Waals surface area contributed by atoms with Crippen molar-refractivity contribution in [2.75, 3.05) is 4.90 Å². The molecule has 0 radical (unpaired) electrons. The van der Waals surface area contributed by atoms with Crippen LogP contribution in [0.25, 0.3) is 22.8 Å². The molecule has 4 rings (SSSR count). The molecule has 1 fully saturated rings. The van der Waals surface area contributed by atoms with Gasteiger partial charge in [-0.3, -0.25) is 0 Å². The number of phenolic OH excluding ortho intramolecular Hbond substituents is 1. The molecule has 1 aliphatic rings. The Bertz CT molecular complexity index is 1140. The molecule has 0 saturated heterocycles. The van der Waals surface area contributed by atoms with Gasteiger partial charge in [0.05, 0.1) is 24.8 Å². The van der Waals surface area contributed by atoms with Crippen LogP contribution in [0.3, 0.4) is 0 Å². The molecule has 1 saturated carbocycles. The van der Waals surface area contributed by atoms with E-state index in [9.17, 15) is 5.11 Å². The molecule has 0 bridgehead atoms. The lowest BCUT2D eigenvalue weighted by molar-refractivity contribution is 0.249. The topological polar surface area (TPSA) is 106 Å². The molecular formula is C22H29FN8OS3. The molecule has 2 heterocycles. The highest BCUT2D eigenvalue weighted by Gasteiger charge is 2.40. The Balaban J connectivity index is 1.62. The van der Waals surface area contributed by atoms with Crippen LogP contribution in [0.1, 0.15) is 45.4 Å². The Kier molecular flexibility index (Phi) is 8.06. The van der Waals surface area contributed by atoms with E-state index in [1.54, 1.807) is 24.1 Å². The molecule has 1 aliphatic carbocycles. The number of nitrogens with zero attached hydrogens (tertiary/aromatic N) is 8. The van der Waals surface area contributed by atoms with Crippen molar-refractivity contribution in [1.29, 1.82) is 0 Å². The number of rotatable bonds is 7. The highest BCUT2D eigenvalue weighted by atomic mass is 32.2. The van der Waals surface area contributed by atoms with Crippen molar-refractivity contribution in [2.24, 2.45) is 13.0 Å². The van der Waals surface area contributed by atoms with Crippen LogP contribution in [0.5, 0.6) is 5.75 Å². The number of alkyl halides is 1. The number of hydrogen-bond donors (Lipinski definition) is 4. The van der Waals surface area contributed by atoms with Gasteiger partial charge in [-0.15, -0.1) is 58.3 Å². The van der Waals surface area contributed by atoms with Crippen LogP contribution in [0, 0.1) is 5.92 Å². The van der Waals surface area contributed by atoms with E-state index in [-0.39, 0.29) is 11.6 Å². The summed E-state index contributed by atoms with van der Waals surface area (Å²) in [5.74, 6) is 1.28. The first-order valence-corrected chi connectivity index (χ1v) is 12.9. The highest BCUT2D eigenvalue weighted by Crippen LogP contribution is 2.41. The summed E-state index contributed by atoms with van der Waals surface area (Å²) in [6.45, 7) is 2.14. The van der Waals surface area contributed by atoms with E-state index in [1.165, 1.54) is 17.1 Å². The Labute approximate surface area is 220 Å². The van der Waals surface area contributed by atoms with Gasteiger partial charge in [0.2, 0.25) is 5.82 Å². The summed E-state index contributed by atoms with van der Waals surface area (Å²) in [4.78, 5) is 7.38. The van der Waals surface area contributed by atoms with E-state index in [2.05, 4.69) is 75.4 Å². The average Bonchev–Trinajstić information content (AvgIpc) is 3.16. The van der Waals surface area contributed by atoms with Crippen molar-refractivity contribution in [1.82, 2.24) is 35.4 Å². The highest BCUT2D eigenvalue weighted by molar-refractivity contribution is 8.17. The third-order valence-electron chi connectivity index (χ3n) is 6.24. The summed E-state index contributed by atoms with van der Waals surface area (Å²) in [6, 6.07) is 4.41. The fourth-order valence-corrected chi connectivity index (χ4v) is 5.40. The summed E-state index contributed by atoms with van der Waals surface area (Å²) in [5.41, 5.74) is 0.988. The van der Waals surface area contributed by atoms with Crippen molar-refractivity contribution in [2.45, 2.75) is 61.2 Å². The first-order valence-electron chi connectivity index (χ1n) is 11.5. The fraction of sp³-hybridized carbons (Fsp3) is 0.545. The van der Waals surface area contributed by atoms with Crippen molar-refractivity contribution in [3.8, 4) is 28.5 Å². The molecule has 35 heavy (non-hydrogen) atoms. The minimum absolute atomic E-state index is 0.0525. The van der Waals surface area contributed by atoms with Crippen LogP contribution < -0.4 is 4.90 Å². The molecule has 13 heteroatoms. The van der Waals surface area contributed by atoms with Crippen molar-refractivity contribution in [3.05, 3.63) is 24.4 Å². The second kappa shape index (κ2) is 10.9. The van der Waals surface area contributed by atoms with Gasteiger partial charge in [0.25, 0.3) is 0 Å². The van der Waals surface area contributed by atoms with E-state index in [1.807, 2.05) is 0 Å². The summed E-state index contributed by atoms with van der Waals surface area (Å²) in [7, 11) is 1.66. The second-order valence-corrected chi connectivity index (χ2v) is 11.8. The van der Waals surface area contributed by atoms with Gasteiger partial charge in [-0.2, -0.15) is 4.80 Å². The number of anilines is 1. The maximum absolute atomic E-state index is 15.3. The minimum Gasteiger partial charge on any atom is -0.507 e. The largest absolute Gasteiger partial charge is 0.507 e. The lowest BCUT2D eigenvalue weighted by atomic mass is 9.93. The number of phenols is 1. The van der Waals surface area contributed by atoms with Crippen LogP contribution in [0.2, 0.25) is 0 Å². The predicted octanol–water partition coefficient (Wildman–Crippen LogP) is 4.34. The van der Waals surface area contributed by atoms with E-state index < -0.39 is 15.7 Å². The molecular weight excluding hydrogens is 507 g/mol. The van der Waals surface area contributed by atoms with E-state index in [0.29, 0.717) is 41.5 Å². The van der Waals surface area contributed by atoms with Crippen molar-refractivity contribution in [3.63, 3.8) is 0 Å². The normalized spacial score (nSPS) is 21.0. The molecule has 1 aromatic carbocycles. The molecule has 188 valence electrons. The van der Waals surface area contributed by atoms with Crippen LogP contribution in [-0.2, 0) is 7.05 Å². The predicted molar refractivity (Wildman–Crippen MR) is 142 cm³/mol. The molecule has 9 nitrogen and oxygen atoms in total. The van der Waals surface area contributed by atoms with E-state index in [0.717, 1.165) is 25.7 Å². The number of benzene rings is 1. The Hall–Kier alpha value is -2.12. The Morgan fingerprint density at radius 3 is 2.57 bits per heavy atom. The second-order valence-electron chi connectivity index (χ2n) is 8.85. The van der Waals surface area contributed by atoms with Crippen molar-refractivity contribution < 1.29 is 9.50 Å². The number of thiol groups is 3. The standard InChI is InChI=1S/C22H29FN8OS3/c1-3-5-13-6-4-7-16(23)17(10-13)31(22(33,34)35)19-12-24-21(26-25-19)15-9-8-14(11-18(15)32)20-27-29-30(2)28-20/h8-9,11-13,16-17,32-35H,3-7,10H2,1-2H3/t13-,16+,17-/m1/s1. The summed E-state index contributed by atoms with van der Waals surface area (Å²) in [6.07, 6.45) is 5.47. The zero-order chi connectivity index (χ0) is 25.2. The smallest absolute Gasteiger partial charge is 0.205 e. The number of halogens is 1. The lowest BCUT2D eigenvalue weighted by Crippen LogP contribution is -2.50. The van der Waals surface area contributed by atoms with Gasteiger partial charge in [-0.05, 0) is 36.1 Å². The van der Waals surface area contributed by atoms with Crippen LogP contribution in [-0.4, -0.2) is 56.2 Å². The maximum Gasteiger partial charge on any atom is 0.205 e. The average molecular weight is 537 g/mol. The molecule has 0 unspecified atom stereocenters.